The van der Waals surface area contributed by atoms with Crippen LogP contribution in [0.25, 0.3) is 6.08 Å². The first-order chi connectivity index (χ1) is 10.7. The van der Waals surface area contributed by atoms with Gasteiger partial charge in [0.25, 0.3) is 5.69 Å². The van der Waals surface area contributed by atoms with Crippen molar-refractivity contribution < 1.29 is 14.1 Å². The minimum absolute atomic E-state index is 0.0669. The normalized spacial score (nSPS) is 12.8. The predicted octanol–water partition coefficient (Wildman–Crippen LogP) is 2.59. The van der Waals surface area contributed by atoms with E-state index in [2.05, 4.69) is 24.1 Å². The monoisotopic (exact) mass is 323 g/mol. The number of nitrogens with zero attached hydrogens (tertiary/aromatic N) is 2. The molecule has 0 bridgehead atoms. The van der Waals surface area contributed by atoms with Crippen molar-refractivity contribution in [3.05, 3.63) is 45.8 Å². The summed E-state index contributed by atoms with van der Waals surface area (Å²) in [7, 11) is 1.96. The van der Waals surface area contributed by atoms with Gasteiger partial charge in [0.05, 0.1) is 16.6 Å². The standard InChI is InChI=1S/C16H22FN3O3/c1-11(2)19(4)10-12(3)18-16(21)8-6-13-5-7-14(17)9-15(13)20(22)23/h5-9,11-12H,10H2,1-4H3,(H,18,21)/t12-/m0/s1. The fourth-order valence-corrected chi connectivity index (χ4v) is 1.96. The van der Waals surface area contributed by atoms with Crippen LogP contribution in [0.3, 0.4) is 0 Å². The summed E-state index contributed by atoms with van der Waals surface area (Å²) >= 11 is 0. The van der Waals surface area contributed by atoms with Crippen molar-refractivity contribution in [1.82, 2.24) is 10.2 Å². The smallest absolute Gasteiger partial charge is 0.279 e. The van der Waals surface area contributed by atoms with Crippen LogP contribution >= 0.6 is 0 Å². The molecule has 7 heteroatoms. The summed E-state index contributed by atoms with van der Waals surface area (Å²) in [6.45, 7) is 6.68. The maximum absolute atomic E-state index is 13.1. The van der Waals surface area contributed by atoms with E-state index in [1.54, 1.807) is 0 Å². The third kappa shape index (κ3) is 6.15. The lowest BCUT2D eigenvalue weighted by molar-refractivity contribution is -0.385. The van der Waals surface area contributed by atoms with Gasteiger partial charge < -0.3 is 10.2 Å². The van der Waals surface area contributed by atoms with Crippen LogP contribution in [0.15, 0.2) is 24.3 Å². The van der Waals surface area contributed by atoms with Crippen molar-refractivity contribution in [2.45, 2.75) is 32.9 Å². The van der Waals surface area contributed by atoms with Gasteiger partial charge in [-0.05, 0) is 46.0 Å². The summed E-state index contributed by atoms with van der Waals surface area (Å²) in [6, 6.07) is 3.52. The summed E-state index contributed by atoms with van der Waals surface area (Å²) in [5.74, 6) is -1.04. The van der Waals surface area contributed by atoms with Crippen molar-refractivity contribution in [1.29, 1.82) is 0 Å². The van der Waals surface area contributed by atoms with E-state index in [-0.39, 0.29) is 23.2 Å². The van der Waals surface area contributed by atoms with Crippen molar-refractivity contribution in [3.8, 4) is 0 Å². The molecule has 126 valence electrons. The number of nitrogens with one attached hydrogen (secondary N) is 1. The first-order valence-corrected chi connectivity index (χ1v) is 7.33. The lowest BCUT2D eigenvalue weighted by Crippen LogP contribution is -2.42. The molecule has 0 aliphatic heterocycles. The van der Waals surface area contributed by atoms with Gasteiger partial charge in [-0.1, -0.05) is 0 Å². The zero-order valence-electron chi connectivity index (χ0n) is 13.7. The van der Waals surface area contributed by atoms with Gasteiger partial charge in [-0.2, -0.15) is 0 Å². The van der Waals surface area contributed by atoms with Crippen molar-refractivity contribution in [2.75, 3.05) is 13.6 Å². The first-order valence-electron chi connectivity index (χ1n) is 7.33. The molecule has 0 saturated carbocycles. The lowest BCUT2D eigenvalue weighted by atomic mass is 10.1. The number of rotatable bonds is 7. The highest BCUT2D eigenvalue weighted by atomic mass is 19.1. The van der Waals surface area contributed by atoms with E-state index in [0.717, 1.165) is 12.1 Å². The van der Waals surface area contributed by atoms with E-state index in [1.165, 1.54) is 18.2 Å². The molecule has 6 nitrogen and oxygen atoms in total. The predicted molar refractivity (Wildman–Crippen MR) is 87.5 cm³/mol. The molecule has 0 heterocycles. The second-order valence-corrected chi connectivity index (χ2v) is 5.74. The zero-order chi connectivity index (χ0) is 17.6. The van der Waals surface area contributed by atoms with Gasteiger partial charge >= 0.3 is 0 Å². The number of carbonyl (C=O) groups excluding carboxylic acids is 1. The Morgan fingerprint density at radius 3 is 2.65 bits per heavy atom. The van der Waals surface area contributed by atoms with Gasteiger partial charge in [-0.25, -0.2) is 4.39 Å². The minimum atomic E-state index is -0.691. The van der Waals surface area contributed by atoms with Crippen LogP contribution in [0.1, 0.15) is 26.3 Å². The molecule has 0 saturated heterocycles. The van der Waals surface area contributed by atoms with E-state index in [4.69, 9.17) is 0 Å². The average Bonchev–Trinajstić information content (AvgIpc) is 2.45. The number of nitro benzene ring substituents is 1. The van der Waals surface area contributed by atoms with Crippen LogP contribution in [0.2, 0.25) is 0 Å². The quantitative estimate of drug-likeness (QED) is 0.475. The first kappa shape index (κ1) is 18.8. The molecular weight excluding hydrogens is 301 g/mol. The van der Waals surface area contributed by atoms with Crippen LogP contribution in [0.4, 0.5) is 10.1 Å². The summed E-state index contributed by atoms with van der Waals surface area (Å²) in [6.07, 6.45) is 2.53. The SMILES string of the molecule is CC(C)N(C)C[C@H](C)NC(=O)C=Cc1ccc(F)cc1[N+](=O)[O-]. The fourth-order valence-electron chi connectivity index (χ4n) is 1.96. The Morgan fingerprint density at radius 1 is 1.43 bits per heavy atom. The van der Waals surface area contributed by atoms with Gasteiger partial charge in [0.1, 0.15) is 5.82 Å². The Kier molecular flexibility index (Phi) is 6.84. The second-order valence-electron chi connectivity index (χ2n) is 5.74. The molecule has 0 fully saturated rings. The van der Waals surface area contributed by atoms with E-state index in [0.29, 0.717) is 12.6 Å². The summed E-state index contributed by atoms with van der Waals surface area (Å²) in [5, 5.41) is 13.7. The molecule has 0 aliphatic rings. The van der Waals surface area contributed by atoms with Crippen LogP contribution in [0.5, 0.6) is 0 Å². The van der Waals surface area contributed by atoms with Gasteiger partial charge in [0.15, 0.2) is 0 Å². The van der Waals surface area contributed by atoms with Crippen LogP contribution in [-0.2, 0) is 4.79 Å². The molecule has 1 N–H and O–H groups in total. The fraction of sp³-hybridized carbons (Fsp3) is 0.438. The highest BCUT2D eigenvalue weighted by molar-refractivity contribution is 5.92. The van der Waals surface area contributed by atoms with E-state index in [1.807, 2.05) is 14.0 Å². The Hall–Kier alpha value is -2.28. The topological polar surface area (TPSA) is 75.5 Å². The third-order valence-electron chi connectivity index (χ3n) is 3.44. The largest absolute Gasteiger partial charge is 0.349 e. The molecule has 0 spiro atoms. The minimum Gasteiger partial charge on any atom is -0.349 e. The Bertz CT molecular complexity index is 602. The van der Waals surface area contributed by atoms with Gasteiger partial charge in [-0.3, -0.25) is 14.9 Å². The highest BCUT2D eigenvalue weighted by Gasteiger charge is 2.14. The highest BCUT2D eigenvalue weighted by Crippen LogP contribution is 2.20. The summed E-state index contributed by atoms with van der Waals surface area (Å²) in [4.78, 5) is 24.2. The average molecular weight is 323 g/mol. The van der Waals surface area contributed by atoms with E-state index >= 15 is 0 Å². The molecular formula is C16H22FN3O3. The molecule has 1 amide bonds. The number of hydrogen-bond donors (Lipinski definition) is 1. The Balaban J connectivity index is 2.71. The maximum atomic E-state index is 13.1. The number of nitro groups is 1. The number of halogens is 1. The van der Waals surface area contributed by atoms with Gasteiger partial charge in [-0.15, -0.1) is 0 Å². The van der Waals surface area contributed by atoms with E-state index in [9.17, 15) is 19.3 Å². The summed E-state index contributed by atoms with van der Waals surface area (Å²) < 4.78 is 13.1. The number of amides is 1. The number of hydrogen-bond acceptors (Lipinski definition) is 4. The maximum Gasteiger partial charge on any atom is 0.279 e. The molecule has 1 rings (SSSR count). The van der Waals surface area contributed by atoms with E-state index < -0.39 is 10.7 Å². The molecule has 0 unspecified atom stereocenters. The summed E-state index contributed by atoms with van der Waals surface area (Å²) in [5.41, 5.74) is -0.194. The molecule has 0 radical (unpaired) electrons. The Morgan fingerprint density at radius 2 is 2.09 bits per heavy atom. The van der Waals surface area contributed by atoms with Crippen molar-refractivity contribution >= 4 is 17.7 Å². The Labute approximate surface area is 135 Å². The van der Waals surface area contributed by atoms with Gasteiger partial charge in [0.2, 0.25) is 5.91 Å². The zero-order valence-corrected chi connectivity index (χ0v) is 13.7. The van der Waals surface area contributed by atoms with Gasteiger partial charge in [0, 0.05) is 24.7 Å². The van der Waals surface area contributed by atoms with Crippen molar-refractivity contribution in [2.24, 2.45) is 0 Å². The molecule has 1 aromatic carbocycles. The number of likely N-dealkylation sites (N-methyl/N-ethyl adjacent to an activating group) is 1. The molecule has 0 aromatic heterocycles. The number of benzene rings is 1. The van der Waals surface area contributed by atoms with Crippen molar-refractivity contribution in [3.63, 3.8) is 0 Å². The second kappa shape index (κ2) is 8.38. The van der Waals surface area contributed by atoms with Crippen LogP contribution < -0.4 is 5.32 Å². The lowest BCUT2D eigenvalue weighted by Gasteiger charge is -2.25. The van der Waals surface area contributed by atoms with Crippen LogP contribution in [-0.4, -0.2) is 41.4 Å². The molecule has 1 atom stereocenters. The molecule has 0 aliphatic carbocycles. The molecule has 23 heavy (non-hydrogen) atoms. The molecule has 1 aromatic rings. The third-order valence-corrected chi connectivity index (χ3v) is 3.44. The number of carbonyl (C=O) groups is 1. The van der Waals surface area contributed by atoms with Crippen LogP contribution in [0, 0.1) is 15.9 Å².